The predicted octanol–water partition coefficient (Wildman–Crippen LogP) is 0.749. The third-order valence-electron chi connectivity index (χ3n) is 4.06. The van der Waals surface area contributed by atoms with Crippen LogP contribution in [0.4, 0.5) is 0 Å². The summed E-state index contributed by atoms with van der Waals surface area (Å²) in [5, 5.41) is 12.7. The summed E-state index contributed by atoms with van der Waals surface area (Å²) in [5.74, 6) is -0.243. The standard InChI is InChI=1S/C15H19N3O3/c19-13-8-4-2-6-11(13)16-14(20)9-18-12-7-3-1-5-10(12)17-15(18)21/h1,3,5,7,11,13,19H,2,4,6,8-9H2,(H,16,20)(H,17,21). The Kier molecular flexibility index (Phi) is 3.79. The van der Waals surface area contributed by atoms with Crippen LogP contribution in [0.3, 0.4) is 0 Å². The molecule has 1 amide bonds. The number of nitrogens with one attached hydrogen (secondary N) is 2. The molecule has 6 heteroatoms. The van der Waals surface area contributed by atoms with Gasteiger partial charge in [0, 0.05) is 0 Å². The van der Waals surface area contributed by atoms with Crippen LogP contribution >= 0.6 is 0 Å². The lowest BCUT2D eigenvalue weighted by Gasteiger charge is -2.28. The Labute approximate surface area is 121 Å². The van der Waals surface area contributed by atoms with Gasteiger partial charge in [0.05, 0.1) is 23.2 Å². The first-order valence-electron chi connectivity index (χ1n) is 7.30. The highest BCUT2D eigenvalue weighted by Gasteiger charge is 2.24. The van der Waals surface area contributed by atoms with E-state index in [0.29, 0.717) is 11.0 Å². The number of nitrogens with zero attached hydrogens (tertiary/aromatic N) is 1. The molecule has 21 heavy (non-hydrogen) atoms. The van der Waals surface area contributed by atoms with E-state index in [1.54, 1.807) is 12.1 Å². The van der Waals surface area contributed by atoms with Crippen molar-refractivity contribution in [3.63, 3.8) is 0 Å². The molecule has 1 aromatic carbocycles. The summed E-state index contributed by atoms with van der Waals surface area (Å²) in [5.41, 5.74) is 1.13. The van der Waals surface area contributed by atoms with Crippen LogP contribution in [-0.4, -0.2) is 32.7 Å². The molecule has 1 aliphatic rings. The number of aliphatic hydroxyl groups excluding tert-OH is 1. The summed E-state index contributed by atoms with van der Waals surface area (Å²) < 4.78 is 1.42. The van der Waals surface area contributed by atoms with Gasteiger partial charge in [-0.15, -0.1) is 0 Å². The number of carbonyl (C=O) groups is 1. The Hall–Kier alpha value is -2.08. The monoisotopic (exact) mass is 289 g/mol. The van der Waals surface area contributed by atoms with Crippen LogP contribution in [-0.2, 0) is 11.3 Å². The number of para-hydroxylation sites is 2. The maximum Gasteiger partial charge on any atom is 0.326 e. The zero-order valence-corrected chi connectivity index (χ0v) is 11.7. The molecule has 3 rings (SSSR count). The van der Waals surface area contributed by atoms with Crippen molar-refractivity contribution < 1.29 is 9.90 Å². The van der Waals surface area contributed by atoms with Gasteiger partial charge in [0.2, 0.25) is 5.91 Å². The zero-order chi connectivity index (χ0) is 14.8. The number of aromatic nitrogens is 2. The lowest BCUT2D eigenvalue weighted by molar-refractivity contribution is -0.123. The molecule has 2 unspecified atom stereocenters. The first kappa shape index (κ1) is 13.9. The summed E-state index contributed by atoms with van der Waals surface area (Å²) >= 11 is 0. The number of H-pyrrole nitrogens is 1. The average molecular weight is 289 g/mol. The third-order valence-corrected chi connectivity index (χ3v) is 4.06. The number of amides is 1. The quantitative estimate of drug-likeness (QED) is 0.779. The maximum absolute atomic E-state index is 12.1. The maximum atomic E-state index is 12.1. The molecule has 2 aromatic rings. The highest BCUT2D eigenvalue weighted by atomic mass is 16.3. The van der Waals surface area contributed by atoms with Gasteiger partial charge in [-0.2, -0.15) is 0 Å². The van der Waals surface area contributed by atoms with E-state index >= 15 is 0 Å². The Bertz CT molecular complexity index is 703. The van der Waals surface area contributed by atoms with E-state index in [1.165, 1.54) is 4.57 Å². The topological polar surface area (TPSA) is 87.1 Å². The first-order chi connectivity index (χ1) is 10.1. The highest BCUT2D eigenvalue weighted by Crippen LogP contribution is 2.18. The van der Waals surface area contributed by atoms with Gasteiger partial charge in [-0.3, -0.25) is 9.36 Å². The van der Waals surface area contributed by atoms with Crippen molar-refractivity contribution in [2.24, 2.45) is 0 Å². The molecular formula is C15H19N3O3. The van der Waals surface area contributed by atoms with Gasteiger partial charge >= 0.3 is 5.69 Å². The van der Waals surface area contributed by atoms with Crippen molar-refractivity contribution >= 4 is 16.9 Å². The normalized spacial score (nSPS) is 22.3. The van der Waals surface area contributed by atoms with Gasteiger partial charge in [0.15, 0.2) is 0 Å². The fourth-order valence-corrected chi connectivity index (χ4v) is 2.94. The van der Waals surface area contributed by atoms with Crippen molar-refractivity contribution in [2.75, 3.05) is 0 Å². The fourth-order valence-electron chi connectivity index (χ4n) is 2.94. The molecule has 3 N–H and O–H groups in total. The molecule has 1 heterocycles. The molecule has 1 aromatic heterocycles. The van der Waals surface area contributed by atoms with Gasteiger partial charge in [-0.05, 0) is 25.0 Å². The number of carbonyl (C=O) groups excluding carboxylic acids is 1. The highest BCUT2D eigenvalue weighted by molar-refractivity contribution is 5.80. The molecule has 1 saturated carbocycles. The van der Waals surface area contributed by atoms with E-state index in [1.807, 2.05) is 12.1 Å². The molecular weight excluding hydrogens is 270 g/mol. The number of fused-ring (bicyclic) bond motifs is 1. The lowest BCUT2D eigenvalue weighted by atomic mass is 9.92. The summed E-state index contributed by atoms with van der Waals surface area (Å²) in [7, 11) is 0. The fraction of sp³-hybridized carbons (Fsp3) is 0.467. The second-order valence-electron chi connectivity index (χ2n) is 5.56. The van der Waals surface area contributed by atoms with Gasteiger partial charge in [-0.25, -0.2) is 4.79 Å². The molecule has 112 valence electrons. The van der Waals surface area contributed by atoms with E-state index in [2.05, 4.69) is 10.3 Å². The molecule has 0 radical (unpaired) electrons. The third kappa shape index (κ3) is 2.85. The molecule has 0 aliphatic heterocycles. The number of hydrogen-bond acceptors (Lipinski definition) is 3. The van der Waals surface area contributed by atoms with Crippen LogP contribution in [0, 0.1) is 0 Å². The van der Waals surface area contributed by atoms with E-state index in [0.717, 1.165) is 25.7 Å². The summed E-state index contributed by atoms with van der Waals surface area (Å²) in [6.07, 6.45) is 3.03. The van der Waals surface area contributed by atoms with Crippen LogP contribution < -0.4 is 11.0 Å². The Morgan fingerprint density at radius 3 is 2.90 bits per heavy atom. The Morgan fingerprint density at radius 2 is 2.10 bits per heavy atom. The minimum atomic E-state index is -0.484. The molecule has 0 bridgehead atoms. The number of aliphatic hydroxyl groups is 1. The van der Waals surface area contributed by atoms with Crippen LogP contribution in [0.2, 0.25) is 0 Å². The number of rotatable bonds is 3. The Balaban J connectivity index is 1.74. The van der Waals surface area contributed by atoms with Gasteiger partial charge in [0.1, 0.15) is 6.54 Å². The van der Waals surface area contributed by atoms with Crippen molar-refractivity contribution in [3.8, 4) is 0 Å². The van der Waals surface area contributed by atoms with Crippen LogP contribution in [0.25, 0.3) is 11.0 Å². The zero-order valence-electron chi connectivity index (χ0n) is 11.7. The summed E-state index contributed by atoms with van der Waals surface area (Å²) in [4.78, 5) is 26.8. The van der Waals surface area contributed by atoms with Crippen molar-refractivity contribution in [1.82, 2.24) is 14.9 Å². The SMILES string of the molecule is O=C(Cn1c(=O)[nH]c2ccccc21)NC1CCCCC1O. The average Bonchev–Trinajstić information content (AvgIpc) is 2.78. The van der Waals surface area contributed by atoms with Crippen molar-refractivity contribution in [2.45, 2.75) is 44.4 Å². The van der Waals surface area contributed by atoms with Crippen LogP contribution in [0.1, 0.15) is 25.7 Å². The largest absolute Gasteiger partial charge is 0.391 e. The molecule has 1 fully saturated rings. The van der Waals surface area contributed by atoms with Crippen LogP contribution in [0.5, 0.6) is 0 Å². The van der Waals surface area contributed by atoms with Crippen LogP contribution in [0.15, 0.2) is 29.1 Å². The number of imidazole rings is 1. The van der Waals surface area contributed by atoms with Crippen molar-refractivity contribution in [3.05, 3.63) is 34.7 Å². The predicted molar refractivity (Wildman–Crippen MR) is 79.0 cm³/mol. The number of aromatic amines is 1. The first-order valence-corrected chi connectivity index (χ1v) is 7.30. The second-order valence-corrected chi connectivity index (χ2v) is 5.56. The van der Waals surface area contributed by atoms with E-state index in [-0.39, 0.29) is 24.2 Å². The van der Waals surface area contributed by atoms with E-state index < -0.39 is 6.10 Å². The minimum Gasteiger partial charge on any atom is -0.391 e. The smallest absolute Gasteiger partial charge is 0.326 e. The van der Waals surface area contributed by atoms with Gasteiger partial charge in [-0.1, -0.05) is 25.0 Å². The molecule has 0 spiro atoms. The molecule has 2 atom stereocenters. The Morgan fingerprint density at radius 1 is 1.33 bits per heavy atom. The molecule has 6 nitrogen and oxygen atoms in total. The van der Waals surface area contributed by atoms with E-state index in [4.69, 9.17) is 0 Å². The molecule has 0 saturated heterocycles. The van der Waals surface area contributed by atoms with Gasteiger partial charge < -0.3 is 15.4 Å². The minimum absolute atomic E-state index is 0.0356. The van der Waals surface area contributed by atoms with Crippen molar-refractivity contribution in [1.29, 1.82) is 0 Å². The second kappa shape index (κ2) is 5.73. The summed E-state index contributed by atoms with van der Waals surface area (Å²) in [6, 6.07) is 7.06. The molecule has 1 aliphatic carbocycles. The lowest BCUT2D eigenvalue weighted by Crippen LogP contribution is -2.46. The number of benzene rings is 1. The number of hydrogen-bond donors (Lipinski definition) is 3. The van der Waals surface area contributed by atoms with Gasteiger partial charge in [0.25, 0.3) is 0 Å². The summed E-state index contributed by atoms with van der Waals surface area (Å²) in [6.45, 7) is -0.0356. The van der Waals surface area contributed by atoms with E-state index in [9.17, 15) is 14.7 Å².